The molecule has 4 nitrogen and oxygen atoms in total. The number of rotatable bonds is 8. The molecule has 0 saturated carbocycles. The van der Waals surface area contributed by atoms with Crippen molar-refractivity contribution in [1.82, 2.24) is 5.32 Å². The van der Waals surface area contributed by atoms with Crippen LogP contribution >= 0.6 is 23.5 Å². The first-order chi connectivity index (χ1) is 14.1. The summed E-state index contributed by atoms with van der Waals surface area (Å²) < 4.78 is 0. The summed E-state index contributed by atoms with van der Waals surface area (Å²) in [6.45, 7) is 4.86. The van der Waals surface area contributed by atoms with E-state index in [0.29, 0.717) is 22.7 Å². The van der Waals surface area contributed by atoms with E-state index in [4.69, 9.17) is 0 Å². The third kappa shape index (κ3) is 6.15. The van der Waals surface area contributed by atoms with Crippen LogP contribution in [0.1, 0.15) is 41.3 Å². The van der Waals surface area contributed by atoms with Crippen LogP contribution in [0.2, 0.25) is 0 Å². The number of nitrogens with one attached hydrogen (secondary N) is 2. The molecule has 0 aliphatic carbocycles. The molecule has 0 aromatic heterocycles. The molecule has 6 heteroatoms. The first-order valence-corrected chi connectivity index (χ1v) is 11.8. The highest BCUT2D eigenvalue weighted by atomic mass is 32.2. The Morgan fingerprint density at radius 2 is 2.07 bits per heavy atom. The number of aryl methyl sites for hydroxylation is 1. The predicted octanol–water partition coefficient (Wildman–Crippen LogP) is 5.34. The Kier molecular flexibility index (Phi) is 7.83. The maximum absolute atomic E-state index is 12.5. The molecule has 0 unspecified atom stereocenters. The molecule has 0 saturated heterocycles. The fraction of sp³-hybridized carbons (Fsp3) is 0.304. The van der Waals surface area contributed by atoms with Gasteiger partial charge in [0.25, 0.3) is 11.8 Å². The van der Waals surface area contributed by atoms with Crippen LogP contribution in [0, 0.1) is 6.92 Å². The summed E-state index contributed by atoms with van der Waals surface area (Å²) >= 11 is 3.34. The molecule has 1 aliphatic heterocycles. The molecule has 2 aromatic carbocycles. The lowest BCUT2D eigenvalue weighted by atomic mass is 10.1. The van der Waals surface area contributed by atoms with Gasteiger partial charge in [-0.3, -0.25) is 9.59 Å². The smallest absolute Gasteiger partial charge is 0.262 e. The van der Waals surface area contributed by atoms with Crippen LogP contribution in [0.25, 0.3) is 6.08 Å². The summed E-state index contributed by atoms with van der Waals surface area (Å²) in [6.07, 6.45) is 4.03. The van der Waals surface area contributed by atoms with Crippen molar-refractivity contribution in [3.05, 3.63) is 64.1 Å². The van der Waals surface area contributed by atoms with Crippen LogP contribution in [-0.4, -0.2) is 29.9 Å². The molecule has 1 aliphatic rings. The van der Waals surface area contributed by atoms with Crippen molar-refractivity contribution in [3.8, 4) is 0 Å². The lowest BCUT2D eigenvalue weighted by Crippen LogP contribution is -2.25. The number of benzene rings is 2. The van der Waals surface area contributed by atoms with Crippen molar-refractivity contribution in [2.45, 2.75) is 31.6 Å². The number of carbonyl (C=O) groups excluding carboxylic acids is 2. The first kappa shape index (κ1) is 21.5. The normalized spacial score (nSPS) is 14.4. The van der Waals surface area contributed by atoms with E-state index in [0.717, 1.165) is 33.9 Å². The highest BCUT2D eigenvalue weighted by molar-refractivity contribution is 8.04. The fourth-order valence-electron chi connectivity index (χ4n) is 2.94. The number of fused-ring (bicyclic) bond motifs is 1. The van der Waals surface area contributed by atoms with Crippen LogP contribution in [0.15, 0.2) is 52.3 Å². The summed E-state index contributed by atoms with van der Waals surface area (Å²) in [5.41, 5.74) is 3.41. The van der Waals surface area contributed by atoms with E-state index in [-0.39, 0.29) is 11.8 Å². The highest BCUT2D eigenvalue weighted by Gasteiger charge is 2.22. The highest BCUT2D eigenvalue weighted by Crippen LogP contribution is 2.39. The molecule has 0 bridgehead atoms. The minimum Gasteiger partial charge on any atom is -0.352 e. The Morgan fingerprint density at radius 1 is 1.21 bits per heavy atom. The monoisotopic (exact) mass is 426 g/mol. The maximum atomic E-state index is 12.5. The van der Waals surface area contributed by atoms with Crippen LogP contribution in [-0.2, 0) is 4.79 Å². The molecule has 0 radical (unpaired) electrons. The van der Waals surface area contributed by atoms with Gasteiger partial charge in [0.1, 0.15) is 0 Å². The van der Waals surface area contributed by atoms with E-state index >= 15 is 0 Å². The van der Waals surface area contributed by atoms with Gasteiger partial charge in [-0.25, -0.2) is 0 Å². The molecule has 0 spiro atoms. The molecule has 2 N–H and O–H groups in total. The number of carbonyl (C=O) groups is 2. The molecule has 0 fully saturated rings. The number of hydrogen-bond acceptors (Lipinski definition) is 4. The molecular weight excluding hydrogens is 400 g/mol. The van der Waals surface area contributed by atoms with Crippen molar-refractivity contribution in [2.75, 3.05) is 23.4 Å². The summed E-state index contributed by atoms with van der Waals surface area (Å²) in [7, 11) is 0. The molecule has 0 atom stereocenters. The minimum absolute atomic E-state index is 0.103. The molecule has 152 valence electrons. The largest absolute Gasteiger partial charge is 0.352 e. The SMILES string of the molecule is CCCSCCCNC(=O)c1ccc2c(c1)NC(=O)C(=Cc1cccc(C)c1)S2. The Labute approximate surface area is 180 Å². The first-order valence-electron chi connectivity index (χ1n) is 9.84. The summed E-state index contributed by atoms with van der Waals surface area (Å²) in [5.74, 6) is 1.97. The average molecular weight is 427 g/mol. The van der Waals surface area contributed by atoms with Crippen molar-refractivity contribution in [3.63, 3.8) is 0 Å². The van der Waals surface area contributed by atoms with Gasteiger partial charge in [0, 0.05) is 17.0 Å². The second kappa shape index (κ2) is 10.6. The van der Waals surface area contributed by atoms with E-state index < -0.39 is 0 Å². The number of hydrogen-bond donors (Lipinski definition) is 2. The zero-order valence-electron chi connectivity index (χ0n) is 16.8. The van der Waals surface area contributed by atoms with Crippen LogP contribution in [0.5, 0.6) is 0 Å². The fourth-order valence-corrected chi connectivity index (χ4v) is 4.71. The zero-order valence-corrected chi connectivity index (χ0v) is 18.4. The van der Waals surface area contributed by atoms with E-state index in [1.165, 1.54) is 18.2 Å². The van der Waals surface area contributed by atoms with Gasteiger partial charge in [-0.15, -0.1) is 0 Å². The summed E-state index contributed by atoms with van der Waals surface area (Å²) in [5, 5.41) is 5.88. The van der Waals surface area contributed by atoms with Gasteiger partial charge in [0.15, 0.2) is 0 Å². The van der Waals surface area contributed by atoms with Crippen LogP contribution in [0.4, 0.5) is 5.69 Å². The van der Waals surface area contributed by atoms with E-state index in [1.54, 1.807) is 6.07 Å². The van der Waals surface area contributed by atoms with E-state index in [9.17, 15) is 9.59 Å². The molecule has 2 aromatic rings. The number of thioether (sulfide) groups is 2. The van der Waals surface area contributed by atoms with Crippen LogP contribution in [0.3, 0.4) is 0 Å². The lowest BCUT2D eigenvalue weighted by molar-refractivity contribution is -0.112. The third-order valence-electron chi connectivity index (χ3n) is 4.37. The van der Waals surface area contributed by atoms with E-state index in [2.05, 4.69) is 17.6 Å². The van der Waals surface area contributed by atoms with Gasteiger partial charge >= 0.3 is 0 Å². The quantitative estimate of drug-likeness (QED) is 0.442. The van der Waals surface area contributed by atoms with Crippen LogP contribution < -0.4 is 10.6 Å². The molecular formula is C23H26N2O2S2. The van der Waals surface area contributed by atoms with Crippen molar-refractivity contribution >= 4 is 47.1 Å². The molecule has 3 rings (SSSR count). The van der Waals surface area contributed by atoms with Gasteiger partial charge in [0.2, 0.25) is 0 Å². The molecule has 1 heterocycles. The maximum Gasteiger partial charge on any atom is 0.262 e. The van der Waals surface area contributed by atoms with Crippen molar-refractivity contribution in [2.24, 2.45) is 0 Å². The Bertz CT molecular complexity index is 925. The Hall–Kier alpha value is -2.18. The number of anilines is 1. The van der Waals surface area contributed by atoms with Crippen molar-refractivity contribution in [1.29, 1.82) is 0 Å². The minimum atomic E-state index is -0.144. The third-order valence-corrected chi connectivity index (χ3v) is 6.75. The predicted molar refractivity (Wildman–Crippen MR) is 125 cm³/mol. The topological polar surface area (TPSA) is 58.2 Å². The van der Waals surface area contributed by atoms with Crippen molar-refractivity contribution < 1.29 is 9.59 Å². The molecule has 29 heavy (non-hydrogen) atoms. The van der Waals surface area contributed by atoms with Gasteiger partial charge in [-0.1, -0.05) is 48.5 Å². The molecule has 2 amide bonds. The second-order valence-electron chi connectivity index (χ2n) is 6.91. The second-order valence-corrected chi connectivity index (χ2v) is 9.22. The average Bonchev–Trinajstić information content (AvgIpc) is 2.70. The van der Waals surface area contributed by atoms with Gasteiger partial charge < -0.3 is 10.6 Å². The summed E-state index contributed by atoms with van der Waals surface area (Å²) in [4.78, 5) is 26.5. The van der Waals surface area contributed by atoms with E-state index in [1.807, 2.05) is 61.2 Å². The number of amides is 2. The Morgan fingerprint density at radius 3 is 2.86 bits per heavy atom. The lowest BCUT2D eigenvalue weighted by Gasteiger charge is -2.19. The zero-order chi connectivity index (χ0) is 20.6. The van der Waals surface area contributed by atoms with Gasteiger partial charge in [-0.05, 0) is 61.1 Å². The Balaban J connectivity index is 1.63. The van der Waals surface area contributed by atoms with Gasteiger partial charge in [0.05, 0.1) is 10.6 Å². The standard InChI is InChI=1S/C23H26N2O2S2/c1-3-11-28-12-5-10-24-22(26)18-8-9-20-19(15-18)25-23(27)21(29-20)14-17-7-4-6-16(2)13-17/h4,6-9,13-15H,3,5,10-12H2,1-2H3,(H,24,26)(H,25,27). The summed E-state index contributed by atoms with van der Waals surface area (Å²) in [6, 6.07) is 13.5. The van der Waals surface area contributed by atoms with Gasteiger partial charge in [-0.2, -0.15) is 11.8 Å².